The number of carbonyl (C=O) groups excluding carboxylic acids is 4. The Hall–Kier alpha value is -6.55. The van der Waals surface area contributed by atoms with Gasteiger partial charge in [-0.2, -0.15) is 0 Å². The van der Waals surface area contributed by atoms with E-state index in [-0.39, 0.29) is 60.8 Å². The Labute approximate surface area is 369 Å². The van der Waals surface area contributed by atoms with Gasteiger partial charge in [-0.05, 0) is 127 Å². The minimum Gasteiger partial charge on any atom is -0.326 e. The standard InChI is InChI=1S/C27H27FN2O2.C27H28N2O2/c28-25-11-10-23(18-24(25)21-14-16-29-17-15-21)30-27(32)13-12-26(31)22-8-6-20(7-9-22)19-4-2-1-3-5-19;30-26(23-11-9-21(10-12-23)20-5-2-1-3-6-20)13-14-27(31)29-25-8-4-7-24(19-25)22-15-17-28-18-16-22/h1-11,18,21,29H,12-17H2,(H,30,32);1-12,19,22,28H,13-18H2,(H,29,31). The summed E-state index contributed by atoms with van der Waals surface area (Å²) in [4.78, 5) is 49.8. The Morgan fingerprint density at radius 2 is 0.905 bits per heavy atom. The zero-order valence-electron chi connectivity index (χ0n) is 35.6. The highest BCUT2D eigenvalue weighted by molar-refractivity contribution is 6.01. The fraction of sp³-hybridized carbons (Fsp3) is 0.259. The van der Waals surface area contributed by atoms with Gasteiger partial charge in [0, 0.05) is 48.2 Å². The van der Waals surface area contributed by atoms with Gasteiger partial charge in [-0.15, -0.1) is 0 Å². The number of nitrogens with one attached hydrogen (secondary N) is 4. The molecule has 0 saturated carbocycles. The third-order valence-electron chi connectivity index (χ3n) is 11.8. The van der Waals surface area contributed by atoms with Gasteiger partial charge in [-0.3, -0.25) is 19.2 Å². The van der Waals surface area contributed by atoms with Gasteiger partial charge in [0.15, 0.2) is 11.6 Å². The summed E-state index contributed by atoms with van der Waals surface area (Å²) in [5, 5.41) is 12.4. The molecule has 2 heterocycles. The minimum atomic E-state index is -0.248. The van der Waals surface area contributed by atoms with Crippen LogP contribution in [0.15, 0.2) is 152 Å². The number of halogens is 1. The molecule has 6 aromatic rings. The third-order valence-corrected chi connectivity index (χ3v) is 11.8. The van der Waals surface area contributed by atoms with Crippen LogP contribution < -0.4 is 21.3 Å². The number of rotatable bonds is 14. The molecule has 2 aliphatic heterocycles. The lowest BCUT2D eigenvalue weighted by atomic mass is 9.89. The maximum atomic E-state index is 14.3. The van der Waals surface area contributed by atoms with Crippen molar-refractivity contribution in [3.8, 4) is 22.3 Å². The summed E-state index contributed by atoms with van der Waals surface area (Å²) in [6.07, 6.45) is 4.58. The number of benzene rings is 6. The first-order valence-corrected chi connectivity index (χ1v) is 22.1. The van der Waals surface area contributed by atoms with Crippen molar-refractivity contribution in [2.24, 2.45) is 0 Å². The normalized spacial score (nSPS) is 14.2. The lowest BCUT2D eigenvalue weighted by Crippen LogP contribution is -2.27. The van der Waals surface area contributed by atoms with E-state index >= 15 is 0 Å². The molecule has 0 aliphatic carbocycles. The summed E-state index contributed by atoms with van der Waals surface area (Å²) in [7, 11) is 0. The Kier molecular flexibility index (Phi) is 15.9. The Morgan fingerprint density at radius 3 is 1.40 bits per heavy atom. The van der Waals surface area contributed by atoms with Crippen LogP contribution in [0.5, 0.6) is 0 Å². The van der Waals surface area contributed by atoms with Crippen LogP contribution in [-0.2, 0) is 9.59 Å². The van der Waals surface area contributed by atoms with Gasteiger partial charge in [-0.25, -0.2) is 4.39 Å². The van der Waals surface area contributed by atoms with E-state index in [9.17, 15) is 23.6 Å². The third kappa shape index (κ3) is 13.0. The maximum Gasteiger partial charge on any atom is 0.224 e. The number of anilines is 2. The Morgan fingerprint density at radius 1 is 0.460 bits per heavy atom. The summed E-state index contributed by atoms with van der Waals surface area (Å²) < 4.78 is 14.3. The number of hydrogen-bond donors (Lipinski definition) is 4. The van der Waals surface area contributed by atoms with Crippen molar-refractivity contribution in [2.75, 3.05) is 36.8 Å². The summed E-state index contributed by atoms with van der Waals surface area (Å²) in [6, 6.07) is 47.9. The van der Waals surface area contributed by atoms with Crippen LogP contribution in [-0.4, -0.2) is 49.6 Å². The molecule has 0 aromatic heterocycles. The van der Waals surface area contributed by atoms with E-state index in [1.54, 1.807) is 24.3 Å². The van der Waals surface area contributed by atoms with Crippen molar-refractivity contribution >= 4 is 34.8 Å². The van der Waals surface area contributed by atoms with Crippen LogP contribution in [0.4, 0.5) is 15.8 Å². The summed E-state index contributed by atoms with van der Waals surface area (Å²) in [5.41, 5.74) is 8.86. The average Bonchev–Trinajstić information content (AvgIpc) is 3.34. The first kappa shape index (κ1) is 44.5. The highest BCUT2D eigenvalue weighted by atomic mass is 19.1. The summed E-state index contributed by atoms with van der Waals surface area (Å²) in [5.74, 6) is 0.00224. The van der Waals surface area contributed by atoms with E-state index in [0.717, 1.165) is 79.8 Å². The second-order valence-corrected chi connectivity index (χ2v) is 16.2. The van der Waals surface area contributed by atoms with E-state index in [1.807, 2.05) is 109 Å². The fourth-order valence-corrected chi connectivity index (χ4v) is 8.24. The van der Waals surface area contributed by atoms with Crippen molar-refractivity contribution in [3.05, 3.63) is 180 Å². The molecule has 2 aliphatic rings. The molecular formula is C54H55FN4O4. The fourth-order valence-electron chi connectivity index (χ4n) is 8.24. The number of hydrogen-bond acceptors (Lipinski definition) is 6. The topological polar surface area (TPSA) is 116 Å². The molecule has 2 fully saturated rings. The number of piperidine rings is 2. The largest absolute Gasteiger partial charge is 0.326 e. The molecule has 0 unspecified atom stereocenters. The van der Waals surface area contributed by atoms with Crippen molar-refractivity contribution in [1.29, 1.82) is 0 Å². The van der Waals surface area contributed by atoms with Gasteiger partial charge in [-0.1, -0.05) is 121 Å². The molecule has 63 heavy (non-hydrogen) atoms. The van der Waals surface area contributed by atoms with Gasteiger partial charge >= 0.3 is 0 Å². The molecule has 0 atom stereocenters. The lowest BCUT2D eigenvalue weighted by molar-refractivity contribution is -0.117. The summed E-state index contributed by atoms with van der Waals surface area (Å²) in [6.45, 7) is 3.82. The van der Waals surface area contributed by atoms with E-state index in [4.69, 9.17) is 0 Å². The van der Waals surface area contributed by atoms with E-state index in [1.165, 1.54) is 11.6 Å². The lowest BCUT2D eigenvalue weighted by Gasteiger charge is -2.23. The second-order valence-electron chi connectivity index (χ2n) is 16.2. The molecule has 8 rings (SSSR count). The van der Waals surface area contributed by atoms with Gasteiger partial charge in [0.2, 0.25) is 11.8 Å². The van der Waals surface area contributed by atoms with Crippen molar-refractivity contribution in [3.63, 3.8) is 0 Å². The SMILES string of the molecule is O=C(CCC(=O)c1ccc(-c2ccccc2)cc1)Nc1ccc(F)c(C2CCNCC2)c1.O=C(CCC(=O)c1ccc(-c2ccccc2)cc1)Nc1cccc(C2CCNCC2)c1. The monoisotopic (exact) mass is 842 g/mol. The van der Waals surface area contributed by atoms with E-state index in [2.05, 4.69) is 33.4 Å². The maximum absolute atomic E-state index is 14.3. The van der Waals surface area contributed by atoms with Crippen LogP contribution in [0.25, 0.3) is 22.3 Å². The quantitative estimate of drug-likeness (QED) is 0.0812. The molecular weight excluding hydrogens is 788 g/mol. The molecule has 2 saturated heterocycles. The van der Waals surface area contributed by atoms with Crippen LogP contribution in [0.2, 0.25) is 0 Å². The van der Waals surface area contributed by atoms with Crippen molar-refractivity contribution in [1.82, 2.24) is 10.6 Å². The van der Waals surface area contributed by atoms with Gasteiger partial charge < -0.3 is 21.3 Å². The predicted octanol–water partition coefficient (Wildman–Crippen LogP) is 11.0. The molecule has 8 nitrogen and oxygen atoms in total. The van der Waals surface area contributed by atoms with Gasteiger partial charge in [0.1, 0.15) is 5.82 Å². The van der Waals surface area contributed by atoms with Crippen molar-refractivity contribution in [2.45, 2.75) is 63.2 Å². The highest BCUT2D eigenvalue weighted by Gasteiger charge is 2.20. The molecule has 322 valence electrons. The smallest absolute Gasteiger partial charge is 0.224 e. The Balaban J connectivity index is 0.000000189. The van der Waals surface area contributed by atoms with Gasteiger partial charge in [0.25, 0.3) is 0 Å². The zero-order chi connectivity index (χ0) is 43.8. The minimum absolute atomic E-state index is 0.0155. The van der Waals surface area contributed by atoms with E-state index in [0.29, 0.717) is 28.3 Å². The molecule has 9 heteroatoms. The average molecular weight is 843 g/mol. The summed E-state index contributed by atoms with van der Waals surface area (Å²) >= 11 is 0. The molecule has 6 aromatic carbocycles. The Bertz CT molecular complexity index is 2450. The first-order valence-electron chi connectivity index (χ1n) is 22.1. The predicted molar refractivity (Wildman–Crippen MR) is 251 cm³/mol. The van der Waals surface area contributed by atoms with Crippen LogP contribution in [0, 0.1) is 5.82 Å². The van der Waals surface area contributed by atoms with Gasteiger partial charge in [0.05, 0.1) is 0 Å². The molecule has 2 amide bonds. The number of carbonyl (C=O) groups is 4. The second kappa shape index (κ2) is 22.5. The van der Waals surface area contributed by atoms with Crippen LogP contribution in [0.3, 0.4) is 0 Å². The molecule has 0 spiro atoms. The zero-order valence-corrected chi connectivity index (χ0v) is 35.6. The van der Waals surface area contributed by atoms with Crippen molar-refractivity contribution < 1.29 is 23.6 Å². The molecule has 0 bridgehead atoms. The molecule has 4 N–H and O–H groups in total. The van der Waals surface area contributed by atoms with E-state index < -0.39 is 0 Å². The number of Topliss-reactive ketones (excluding diaryl/α,β-unsaturated/α-hetero) is 2. The highest BCUT2D eigenvalue weighted by Crippen LogP contribution is 2.30. The van der Waals surface area contributed by atoms with Crippen LogP contribution >= 0.6 is 0 Å². The number of amides is 2. The number of ketones is 2. The van der Waals surface area contributed by atoms with Crippen LogP contribution in [0.1, 0.15) is 95.0 Å². The molecule has 0 radical (unpaired) electrons. The first-order chi connectivity index (χ1) is 30.8.